The SMILES string of the molecule is N#CC(=Cc1ccc(-c2ccc3c(c2)C(=O)NC3=O)o1)C(=O)O. The number of nitrogens with zero attached hydrogens (tertiary/aromatic N) is 1. The van der Waals surface area contributed by atoms with Crippen LogP contribution in [0.4, 0.5) is 0 Å². The lowest BCUT2D eigenvalue weighted by atomic mass is 10.0. The molecule has 0 radical (unpaired) electrons. The highest BCUT2D eigenvalue weighted by atomic mass is 16.4. The van der Waals surface area contributed by atoms with Crippen LogP contribution in [-0.4, -0.2) is 22.9 Å². The van der Waals surface area contributed by atoms with E-state index in [0.29, 0.717) is 16.9 Å². The normalized spacial score (nSPS) is 13.4. The third-order valence-corrected chi connectivity index (χ3v) is 3.28. The van der Waals surface area contributed by atoms with E-state index in [1.165, 1.54) is 18.2 Å². The predicted molar refractivity (Wildman–Crippen MR) is 77.2 cm³/mol. The monoisotopic (exact) mass is 308 g/mol. The van der Waals surface area contributed by atoms with Gasteiger partial charge in [-0.1, -0.05) is 6.07 Å². The number of aliphatic carboxylic acids is 1. The second kappa shape index (κ2) is 5.27. The molecule has 1 aromatic carbocycles. The lowest BCUT2D eigenvalue weighted by Gasteiger charge is -1.99. The van der Waals surface area contributed by atoms with Crippen molar-refractivity contribution in [1.29, 1.82) is 5.26 Å². The second-order valence-corrected chi connectivity index (χ2v) is 4.72. The van der Waals surface area contributed by atoms with Crippen LogP contribution in [0.2, 0.25) is 0 Å². The third-order valence-electron chi connectivity index (χ3n) is 3.28. The summed E-state index contributed by atoms with van der Waals surface area (Å²) >= 11 is 0. The zero-order valence-corrected chi connectivity index (χ0v) is 11.5. The first-order chi connectivity index (χ1) is 11.0. The van der Waals surface area contributed by atoms with Gasteiger partial charge in [-0.15, -0.1) is 0 Å². The van der Waals surface area contributed by atoms with Crippen LogP contribution in [0.25, 0.3) is 17.4 Å². The second-order valence-electron chi connectivity index (χ2n) is 4.72. The van der Waals surface area contributed by atoms with Crippen molar-refractivity contribution < 1.29 is 23.9 Å². The number of imide groups is 1. The molecule has 0 aliphatic carbocycles. The van der Waals surface area contributed by atoms with Crippen molar-refractivity contribution >= 4 is 23.9 Å². The Hall–Kier alpha value is -3.66. The molecule has 23 heavy (non-hydrogen) atoms. The third kappa shape index (κ3) is 2.49. The quantitative estimate of drug-likeness (QED) is 0.507. The number of nitrogens with one attached hydrogen (secondary N) is 1. The first kappa shape index (κ1) is 14.3. The Kier molecular flexibility index (Phi) is 3.27. The zero-order chi connectivity index (χ0) is 16.6. The Labute approximate surface area is 129 Å². The minimum absolute atomic E-state index is 0.194. The van der Waals surface area contributed by atoms with Gasteiger partial charge in [0.2, 0.25) is 0 Å². The van der Waals surface area contributed by atoms with Gasteiger partial charge in [-0.3, -0.25) is 14.9 Å². The number of carbonyl (C=O) groups is 3. The molecule has 2 heterocycles. The molecule has 3 rings (SSSR count). The van der Waals surface area contributed by atoms with E-state index in [1.54, 1.807) is 18.2 Å². The van der Waals surface area contributed by atoms with E-state index in [2.05, 4.69) is 5.32 Å². The molecule has 0 saturated heterocycles. The van der Waals surface area contributed by atoms with Gasteiger partial charge in [0.05, 0.1) is 11.1 Å². The van der Waals surface area contributed by atoms with Gasteiger partial charge in [0.15, 0.2) is 0 Å². The first-order valence-corrected chi connectivity index (χ1v) is 6.44. The molecule has 0 fully saturated rings. The number of benzene rings is 1. The molecule has 2 aromatic rings. The summed E-state index contributed by atoms with van der Waals surface area (Å²) in [6.07, 6.45) is 1.11. The van der Waals surface area contributed by atoms with E-state index in [1.807, 2.05) is 0 Å². The lowest BCUT2D eigenvalue weighted by Crippen LogP contribution is -2.19. The summed E-state index contributed by atoms with van der Waals surface area (Å²) in [5.74, 6) is -1.69. The van der Waals surface area contributed by atoms with Crippen LogP contribution < -0.4 is 5.32 Å². The Morgan fingerprint density at radius 3 is 2.61 bits per heavy atom. The first-order valence-electron chi connectivity index (χ1n) is 6.44. The molecular weight excluding hydrogens is 300 g/mol. The summed E-state index contributed by atoms with van der Waals surface area (Å²) in [5, 5.41) is 19.7. The fraction of sp³-hybridized carbons (Fsp3) is 0. The number of nitriles is 1. The molecular formula is C16H8N2O5. The van der Waals surface area contributed by atoms with Crippen LogP contribution in [0, 0.1) is 11.3 Å². The van der Waals surface area contributed by atoms with Crippen LogP contribution in [0.5, 0.6) is 0 Å². The van der Waals surface area contributed by atoms with Crippen molar-refractivity contribution in [2.24, 2.45) is 0 Å². The van der Waals surface area contributed by atoms with Crippen LogP contribution in [-0.2, 0) is 4.79 Å². The van der Waals surface area contributed by atoms with Crippen LogP contribution in [0.3, 0.4) is 0 Å². The molecule has 0 atom stereocenters. The number of amides is 2. The minimum Gasteiger partial charge on any atom is -0.477 e. The average Bonchev–Trinajstić information content (AvgIpc) is 3.10. The number of carboxylic acid groups (broad SMARTS) is 1. The van der Waals surface area contributed by atoms with Gasteiger partial charge in [0.25, 0.3) is 11.8 Å². The summed E-state index contributed by atoms with van der Waals surface area (Å²) < 4.78 is 5.47. The number of carbonyl (C=O) groups excluding carboxylic acids is 2. The maximum atomic E-state index is 11.7. The van der Waals surface area contributed by atoms with Gasteiger partial charge in [-0.2, -0.15) is 5.26 Å². The molecule has 0 saturated carbocycles. The highest BCUT2D eigenvalue weighted by Crippen LogP contribution is 2.27. The maximum Gasteiger partial charge on any atom is 0.346 e. The summed E-state index contributed by atoms with van der Waals surface area (Å²) in [7, 11) is 0. The van der Waals surface area contributed by atoms with Gasteiger partial charge in [-0.25, -0.2) is 4.79 Å². The summed E-state index contributed by atoms with van der Waals surface area (Å²) in [5.41, 5.74) is 0.652. The van der Waals surface area contributed by atoms with E-state index in [4.69, 9.17) is 14.8 Å². The van der Waals surface area contributed by atoms with Crippen molar-refractivity contribution in [2.75, 3.05) is 0 Å². The van der Waals surface area contributed by atoms with Crippen LogP contribution in [0.1, 0.15) is 26.5 Å². The molecule has 7 heteroatoms. The largest absolute Gasteiger partial charge is 0.477 e. The Balaban J connectivity index is 1.98. The van der Waals surface area contributed by atoms with E-state index in [0.717, 1.165) is 6.08 Å². The number of rotatable bonds is 3. The average molecular weight is 308 g/mol. The standard InChI is InChI=1S/C16H8N2O5/c17-7-9(16(21)22)5-10-2-4-13(23-10)8-1-3-11-12(6-8)15(20)18-14(11)19/h1-6H,(H,21,22)(H,18,19,20). The molecule has 7 nitrogen and oxygen atoms in total. The van der Waals surface area contributed by atoms with E-state index < -0.39 is 23.4 Å². The van der Waals surface area contributed by atoms with Crippen molar-refractivity contribution in [2.45, 2.75) is 0 Å². The fourth-order valence-corrected chi connectivity index (χ4v) is 2.19. The fourth-order valence-electron chi connectivity index (χ4n) is 2.19. The Morgan fingerprint density at radius 1 is 1.17 bits per heavy atom. The summed E-state index contributed by atoms with van der Waals surface area (Å²) in [6, 6.07) is 9.29. The molecule has 112 valence electrons. The molecule has 1 aliphatic rings. The number of hydrogen-bond acceptors (Lipinski definition) is 5. The number of carboxylic acids is 1. The smallest absolute Gasteiger partial charge is 0.346 e. The Bertz CT molecular complexity index is 930. The number of fused-ring (bicyclic) bond motifs is 1. The number of hydrogen-bond donors (Lipinski definition) is 2. The molecule has 2 amide bonds. The van der Waals surface area contributed by atoms with Crippen LogP contribution >= 0.6 is 0 Å². The molecule has 0 spiro atoms. The minimum atomic E-state index is -1.35. The lowest BCUT2D eigenvalue weighted by molar-refractivity contribution is -0.132. The molecule has 2 N–H and O–H groups in total. The number of furan rings is 1. The van der Waals surface area contributed by atoms with Crippen molar-refractivity contribution in [3.8, 4) is 17.4 Å². The molecule has 1 aromatic heterocycles. The van der Waals surface area contributed by atoms with Crippen molar-refractivity contribution in [1.82, 2.24) is 5.32 Å². The predicted octanol–water partition coefficient (Wildman–Crippen LogP) is 1.82. The van der Waals surface area contributed by atoms with E-state index >= 15 is 0 Å². The highest BCUT2D eigenvalue weighted by Gasteiger charge is 2.27. The van der Waals surface area contributed by atoms with Gasteiger partial charge < -0.3 is 9.52 Å². The topological polar surface area (TPSA) is 120 Å². The molecule has 1 aliphatic heterocycles. The van der Waals surface area contributed by atoms with Gasteiger partial charge in [-0.05, 0) is 24.3 Å². The van der Waals surface area contributed by atoms with Crippen molar-refractivity contribution in [3.63, 3.8) is 0 Å². The Morgan fingerprint density at radius 2 is 1.91 bits per heavy atom. The summed E-state index contributed by atoms with van der Waals surface area (Å²) in [4.78, 5) is 33.9. The maximum absolute atomic E-state index is 11.7. The summed E-state index contributed by atoms with van der Waals surface area (Å²) in [6.45, 7) is 0. The van der Waals surface area contributed by atoms with E-state index in [9.17, 15) is 14.4 Å². The molecule has 0 bridgehead atoms. The van der Waals surface area contributed by atoms with Gasteiger partial charge in [0.1, 0.15) is 23.2 Å². The van der Waals surface area contributed by atoms with E-state index in [-0.39, 0.29) is 11.3 Å². The van der Waals surface area contributed by atoms with Crippen LogP contribution in [0.15, 0.2) is 40.3 Å². The molecule has 0 unspecified atom stereocenters. The highest BCUT2D eigenvalue weighted by molar-refractivity contribution is 6.21. The van der Waals surface area contributed by atoms with Crippen molar-refractivity contribution in [3.05, 3.63) is 52.8 Å². The van der Waals surface area contributed by atoms with Gasteiger partial charge >= 0.3 is 5.97 Å². The van der Waals surface area contributed by atoms with Gasteiger partial charge in [0, 0.05) is 11.6 Å². The zero-order valence-electron chi connectivity index (χ0n) is 11.5.